The monoisotopic (exact) mass is 212 g/mol. The Morgan fingerprint density at radius 3 is 2.44 bits per heavy atom. The minimum Gasteiger partial charge on any atom is -0.243 e. The zero-order chi connectivity index (χ0) is 11.5. The second kappa shape index (κ2) is 4.44. The second-order valence-electron chi connectivity index (χ2n) is 4.24. The predicted octanol–water partition coefficient (Wildman–Crippen LogP) is 3.23. The van der Waals surface area contributed by atoms with Gasteiger partial charge in [-0.15, -0.1) is 0 Å². The van der Waals surface area contributed by atoms with Crippen molar-refractivity contribution in [1.29, 1.82) is 0 Å². The lowest BCUT2D eigenvalue weighted by Crippen LogP contribution is -1.97. The van der Waals surface area contributed by atoms with E-state index in [1.54, 1.807) is 6.34 Å². The highest BCUT2D eigenvalue weighted by atomic mass is 14.9. The van der Waals surface area contributed by atoms with E-state index in [0.717, 1.165) is 12.1 Å². The van der Waals surface area contributed by atoms with E-state index in [1.807, 2.05) is 6.21 Å². The van der Waals surface area contributed by atoms with Gasteiger partial charge in [-0.2, -0.15) is 0 Å². The number of aryl methyl sites for hydroxylation is 2. The molecule has 1 heterocycles. The van der Waals surface area contributed by atoms with Gasteiger partial charge in [0.1, 0.15) is 6.34 Å². The first kappa shape index (κ1) is 10.8. The first-order chi connectivity index (χ1) is 7.68. The van der Waals surface area contributed by atoms with Crippen LogP contribution in [0.1, 0.15) is 23.6 Å². The molecule has 0 fully saturated rings. The third-order valence-corrected chi connectivity index (χ3v) is 2.98. The van der Waals surface area contributed by atoms with Crippen molar-refractivity contribution >= 4 is 12.6 Å². The van der Waals surface area contributed by atoms with Gasteiger partial charge >= 0.3 is 0 Å². The van der Waals surface area contributed by atoms with Crippen LogP contribution in [0.25, 0.3) is 0 Å². The molecule has 0 radical (unpaired) electrons. The quantitative estimate of drug-likeness (QED) is 0.719. The summed E-state index contributed by atoms with van der Waals surface area (Å²) in [6, 6.07) is 6.42. The van der Waals surface area contributed by atoms with Crippen molar-refractivity contribution in [3.63, 3.8) is 0 Å². The molecule has 0 amide bonds. The standard InChI is InChI=1S/C14H16N2/c1-10-5-4-6-11(2)13(10)7-12(3)14-8-15-9-16-14/h4-6,8-9H,7H2,1-3H3. The van der Waals surface area contributed by atoms with Crippen LogP contribution in [-0.4, -0.2) is 12.6 Å². The van der Waals surface area contributed by atoms with Crippen LogP contribution in [0.2, 0.25) is 0 Å². The van der Waals surface area contributed by atoms with Gasteiger partial charge in [0, 0.05) is 0 Å². The fourth-order valence-electron chi connectivity index (χ4n) is 1.94. The Morgan fingerprint density at radius 1 is 1.19 bits per heavy atom. The summed E-state index contributed by atoms with van der Waals surface area (Å²) in [5, 5.41) is 0. The third-order valence-electron chi connectivity index (χ3n) is 2.98. The second-order valence-corrected chi connectivity index (χ2v) is 4.24. The summed E-state index contributed by atoms with van der Waals surface area (Å²) < 4.78 is 0. The Morgan fingerprint density at radius 2 is 1.88 bits per heavy atom. The Labute approximate surface area is 96.4 Å². The zero-order valence-corrected chi connectivity index (χ0v) is 9.99. The molecule has 1 aliphatic heterocycles. The number of nitrogens with zero attached hydrogens (tertiary/aromatic N) is 2. The van der Waals surface area contributed by atoms with Gasteiger partial charge in [0.05, 0.1) is 11.9 Å². The SMILES string of the molecule is CC(Cc1c(C)cccc1C)=C1C=NC=N1. The van der Waals surface area contributed by atoms with Crippen LogP contribution in [0.4, 0.5) is 0 Å². The van der Waals surface area contributed by atoms with E-state index in [1.165, 1.54) is 22.3 Å². The molecule has 1 aliphatic rings. The fraction of sp³-hybridized carbons (Fsp3) is 0.286. The molecule has 1 aromatic carbocycles. The summed E-state index contributed by atoms with van der Waals surface area (Å²) in [7, 11) is 0. The van der Waals surface area contributed by atoms with Crippen LogP contribution in [0.3, 0.4) is 0 Å². The van der Waals surface area contributed by atoms with Gasteiger partial charge in [0.15, 0.2) is 0 Å². The molecule has 2 nitrogen and oxygen atoms in total. The molecule has 0 saturated heterocycles. The summed E-state index contributed by atoms with van der Waals surface area (Å²) in [4.78, 5) is 8.22. The summed E-state index contributed by atoms with van der Waals surface area (Å²) in [6.07, 6.45) is 4.38. The van der Waals surface area contributed by atoms with E-state index in [-0.39, 0.29) is 0 Å². The van der Waals surface area contributed by atoms with E-state index in [9.17, 15) is 0 Å². The van der Waals surface area contributed by atoms with E-state index in [2.05, 4.69) is 49.0 Å². The van der Waals surface area contributed by atoms with Gasteiger partial charge in [0.2, 0.25) is 0 Å². The van der Waals surface area contributed by atoms with Crippen molar-refractivity contribution in [3.8, 4) is 0 Å². The highest BCUT2D eigenvalue weighted by Crippen LogP contribution is 2.19. The largest absolute Gasteiger partial charge is 0.243 e. The summed E-state index contributed by atoms with van der Waals surface area (Å²) >= 11 is 0. The Hall–Kier alpha value is -1.70. The summed E-state index contributed by atoms with van der Waals surface area (Å²) in [6.45, 7) is 6.44. The van der Waals surface area contributed by atoms with Crippen LogP contribution >= 0.6 is 0 Å². The lowest BCUT2D eigenvalue weighted by Gasteiger charge is -2.10. The van der Waals surface area contributed by atoms with E-state index in [4.69, 9.17) is 0 Å². The van der Waals surface area contributed by atoms with E-state index >= 15 is 0 Å². The molecule has 0 N–H and O–H groups in total. The average Bonchev–Trinajstić information content (AvgIpc) is 2.76. The van der Waals surface area contributed by atoms with Gasteiger partial charge < -0.3 is 0 Å². The molecule has 82 valence electrons. The van der Waals surface area contributed by atoms with Crippen molar-refractivity contribution in [2.75, 3.05) is 0 Å². The number of hydrogen-bond donors (Lipinski definition) is 0. The number of benzene rings is 1. The van der Waals surface area contributed by atoms with Crippen molar-refractivity contribution in [2.45, 2.75) is 27.2 Å². The van der Waals surface area contributed by atoms with Crippen LogP contribution in [0.5, 0.6) is 0 Å². The molecular weight excluding hydrogens is 196 g/mol. The normalized spacial score (nSPS) is 16.9. The molecular formula is C14H16N2. The molecule has 0 bridgehead atoms. The number of aliphatic imine (C=N–C) groups is 2. The van der Waals surface area contributed by atoms with Crippen LogP contribution in [0, 0.1) is 13.8 Å². The Bertz CT molecular complexity index is 459. The Kier molecular flexibility index (Phi) is 3.00. The maximum Gasteiger partial charge on any atom is 0.116 e. The highest BCUT2D eigenvalue weighted by Gasteiger charge is 2.07. The molecule has 0 unspecified atom stereocenters. The first-order valence-corrected chi connectivity index (χ1v) is 5.49. The van der Waals surface area contributed by atoms with Gasteiger partial charge in [0.25, 0.3) is 0 Å². The van der Waals surface area contributed by atoms with Crippen molar-refractivity contribution in [2.24, 2.45) is 9.98 Å². The molecule has 0 aliphatic carbocycles. The first-order valence-electron chi connectivity index (χ1n) is 5.49. The number of allylic oxidation sites excluding steroid dienone is 2. The van der Waals surface area contributed by atoms with Crippen molar-refractivity contribution in [3.05, 3.63) is 46.2 Å². The molecule has 0 saturated carbocycles. The molecule has 0 aromatic heterocycles. The van der Waals surface area contributed by atoms with Crippen molar-refractivity contribution < 1.29 is 0 Å². The smallest absolute Gasteiger partial charge is 0.116 e. The average molecular weight is 212 g/mol. The molecule has 2 heteroatoms. The molecule has 1 aromatic rings. The van der Waals surface area contributed by atoms with E-state index in [0.29, 0.717) is 0 Å². The van der Waals surface area contributed by atoms with Crippen LogP contribution in [-0.2, 0) is 6.42 Å². The van der Waals surface area contributed by atoms with Crippen LogP contribution in [0.15, 0.2) is 39.5 Å². The number of rotatable bonds is 2. The molecule has 0 atom stereocenters. The molecule has 0 spiro atoms. The number of hydrogen-bond acceptors (Lipinski definition) is 2. The Balaban J connectivity index is 2.31. The lowest BCUT2D eigenvalue weighted by molar-refractivity contribution is 1.07. The molecule has 16 heavy (non-hydrogen) atoms. The minimum absolute atomic E-state index is 0.956. The predicted molar refractivity (Wildman–Crippen MR) is 69.3 cm³/mol. The van der Waals surface area contributed by atoms with Crippen LogP contribution < -0.4 is 0 Å². The highest BCUT2D eigenvalue weighted by molar-refractivity contribution is 5.92. The van der Waals surface area contributed by atoms with Gasteiger partial charge in [-0.05, 0) is 49.5 Å². The van der Waals surface area contributed by atoms with Crippen molar-refractivity contribution in [1.82, 2.24) is 0 Å². The zero-order valence-electron chi connectivity index (χ0n) is 9.99. The third kappa shape index (κ3) is 2.11. The fourth-order valence-corrected chi connectivity index (χ4v) is 1.94. The minimum atomic E-state index is 0.956. The van der Waals surface area contributed by atoms with Gasteiger partial charge in [-0.1, -0.05) is 18.2 Å². The van der Waals surface area contributed by atoms with Gasteiger partial charge in [-0.3, -0.25) is 0 Å². The summed E-state index contributed by atoms with van der Waals surface area (Å²) in [5.41, 5.74) is 6.37. The van der Waals surface area contributed by atoms with E-state index < -0.39 is 0 Å². The maximum atomic E-state index is 4.22. The maximum absolute atomic E-state index is 4.22. The molecule has 2 rings (SSSR count). The van der Waals surface area contributed by atoms with Gasteiger partial charge in [-0.25, -0.2) is 9.98 Å². The lowest BCUT2D eigenvalue weighted by atomic mass is 9.96. The topological polar surface area (TPSA) is 24.7 Å². The summed E-state index contributed by atoms with van der Waals surface area (Å²) in [5.74, 6) is 0.